The summed E-state index contributed by atoms with van der Waals surface area (Å²) in [6.45, 7) is 2.10. The molecular formula is C12H17BrO3S. The van der Waals surface area contributed by atoms with Crippen molar-refractivity contribution in [3.05, 3.63) is 29.8 Å². The lowest BCUT2D eigenvalue weighted by Crippen LogP contribution is -2.11. The van der Waals surface area contributed by atoms with Crippen LogP contribution in [0.2, 0.25) is 0 Å². The summed E-state index contributed by atoms with van der Waals surface area (Å²) >= 11 is 3.37. The highest BCUT2D eigenvalue weighted by Crippen LogP contribution is 2.15. The number of sulfone groups is 1. The van der Waals surface area contributed by atoms with Gasteiger partial charge < -0.3 is 4.74 Å². The SMILES string of the molecule is CCS(=O)(=O)CCCOc1cccc(CBr)c1. The summed E-state index contributed by atoms with van der Waals surface area (Å²) in [6, 6.07) is 7.75. The Labute approximate surface area is 111 Å². The van der Waals surface area contributed by atoms with Crippen molar-refractivity contribution < 1.29 is 13.2 Å². The molecule has 0 fully saturated rings. The van der Waals surface area contributed by atoms with Crippen LogP contribution in [0.5, 0.6) is 5.75 Å². The summed E-state index contributed by atoms with van der Waals surface area (Å²) in [5, 5.41) is 0.786. The number of benzene rings is 1. The first-order valence-corrected chi connectivity index (χ1v) is 8.50. The smallest absolute Gasteiger partial charge is 0.150 e. The molecular weight excluding hydrogens is 304 g/mol. The van der Waals surface area contributed by atoms with Crippen molar-refractivity contribution >= 4 is 25.8 Å². The first-order valence-electron chi connectivity index (χ1n) is 5.55. The van der Waals surface area contributed by atoms with Gasteiger partial charge >= 0.3 is 0 Å². The molecule has 0 amide bonds. The molecule has 0 heterocycles. The Morgan fingerprint density at radius 2 is 2.12 bits per heavy atom. The van der Waals surface area contributed by atoms with Gasteiger partial charge in [0.15, 0.2) is 0 Å². The van der Waals surface area contributed by atoms with Crippen LogP contribution in [0, 0.1) is 0 Å². The van der Waals surface area contributed by atoms with E-state index >= 15 is 0 Å². The predicted octanol–water partition coefficient (Wildman–Crippen LogP) is 2.79. The van der Waals surface area contributed by atoms with E-state index < -0.39 is 9.84 Å². The van der Waals surface area contributed by atoms with Gasteiger partial charge in [-0.1, -0.05) is 35.0 Å². The molecule has 0 radical (unpaired) electrons. The number of hydrogen-bond donors (Lipinski definition) is 0. The van der Waals surface area contributed by atoms with Crippen LogP contribution in [-0.4, -0.2) is 26.5 Å². The molecule has 1 aromatic carbocycles. The molecule has 0 unspecified atom stereocenters. The Hall–Kier alpha value is -0.550. The summed E-state index contributed by atoms with van der Waals surface area (Å²) in [6.07, 6.45) is 0.536. The Bertz CT molecular complexity index is 443. The molecule has 0 atom stereocenters. The van der Waals surface area contributed by atoms with Crippen LogP contribution in [0.25, 0.3) is 0 Å². The molecule has 1 rings (SSSR count). The van der Waals surface area contributed by atoms with E-state index in [4.69, 9.17) is 4.74 Å². The van der Waals surface area contributed by atoms with Gasteiger partial charge in [-0.3, -0.25) is 0 Å². The van der Waals surface area contributed by atoms with Gasteiger partial charge in [-0.15, -0.1) is 0 Å². The molecule has 0 aliphatic carbocycles. The lowest BCUT2D eigenvalue weighted by molar-refractivity contribution is 0.317. The second kappa shape index (κ2) is 7.01. The summed E-state index contributed by atoms with van der Waals surface area (Å²) < 4.78 is 28.0. The average Bonchev–Trinajstić information content (AvgIpc) is 2.35. The highest BCUT2D eigenvalue weighted by molar-refractivity contribution is 9.08. The third-order valence-electron chi connectivity index (χ3n) is 2.36. The minimum absolute atomic E-state index is 0.196. The first-order chi connectivity index (χ1) is 8.07. The highest BCUT2D eigenvalue weighted by atomic mass is 79.9. The second-order valence-electron chi connectivity index (χ2n) is 3.72. The van der Waals surface area contributed by atoms with Crippen molar-refractivity contribution in [2.75, 3.05) is 18.1 Å². The van der Waals surface area contributed by atoms with Gasteiger partial charge in [0.25, 0.3) is 0 Å². The molecule has 3 nitrogen and oxygen atoms in total. The molecule has 0 saturated heterocycles. The van der Waals surface area contributed by atoms with E-state index in [-0.39, 0.29) is 11.5 Å². The van der Waals surface area contributed by atoms with Crippen LogP contribution in [0.4, 0.5) is 0 Å². The topological polar surface area (TPSA) is 43.4 Å². The standard InChI is InChI=1S/C12H17BrO3S/c1-2-17(14,15)8-4-7-16-12-6-3-5-11(9-12)10-13/h3,5-6,9H,2,4,7-8,10H2,1H3. The Balaban J connectivity index is 2.36. The van der Waals surface area contributed by atoms with Gasteiger partial charge in [0, 0.05) is 11.1 Å². The number of alkyl halides is 1. The monoisotopic (exact) mass is 320 g/mol. The van der Waals surface area contributed by atoms with Crippen LogP contribution in [0.1, 0.15) is 18.9 Å². The van der Waals surface area contributed by atoms with E-state index in [2.05, 4.69) is 15.9 Å². The fourth-order valence-electron chi connectivity index (χ4n) is 1.33. The highest BCUT2D eigenvalue weighted by Gasteiger charge is 2.06. The summed E-state index contributed by atoms with van der Waals surface area (Å²) in [4.78, 5) is 0. The maximum atomic E-state index is 11.2. The van der Waals surface area contributed by atoms with Crippen molar-refractivity contribution in [2.24, 2.45) is 0 Å². The van der Waals surface area contributed by atoms with E-state index in [1.54, 1.807) is 6.92 Å². The van der Waals surface area contributed by atoms with E-state index in [1.165, 1.54) is 0 Å². The Morgan fingerprint density at radius 1 is 1.35 bits per heavy atom. The molecule has 0 aliphatic rings. The van der Waals surface area contributed by atoms with Crippen LogP contribution in [0.3, 0.4) is 0 Å². The van der Waals surface area contributed by atoms with Crippen LogP contribution >= 0.6 is 15.9 Å². The molecule has 1 aromatic rings. The molecule has 0 aliphatic heterocycles. The summed E-state index contributed by atoms with van der Waals surface area (Å²) in [5.41, 5.74) is 1.14. The van der Waals surface area contributed by atoms with Gasteiger partial charge in [0.05, 0.1) is 12.4 Å². The lowest BCUT2D eigenvalue weighted by atomic mass is 10.2. The van der Waals surface area contributed by atoms with Crippen LogP contribution in [0.15, 0.2) is 24.3 Å². The fraction of sp³-hybridized carbons (Fsp3) is 0.500. The van der Waals surface area contributed by atoms with Gasteiger partial charge in [-0.05, 0) is 24.1 Å². The maximum Gasteiger partial charge on any atom is 0.150 e. The molecule has 17 heavy (non-hydrogen) atoms. The van der Waals surface area contributed by atoms with Crippen molar-refractivity contribution in [1.29, 1.82) is 0 Å². The number of ether oxygens (including phenoxy) is 1. The van der Waals surface area contributed by atoms with Crippen LogP contribution < -0.4 is 4.74 Å². The Kier molecular flexibility index (Phi) is 5.98. The molecule has 96 valence electrons. The van der Waals surface area contributed by atoms with E-state index in [1.807, 2.05) is 24.3 Å². The van der Waals surface area contributed by atoms with Gasteiger partial charge in [-0.2, -0.15) is 0 Å². The molecule has 0 saturated carbocycles. The van der Waals surface area contributed by atoms with E-state index in [0.29, 0.717) is 13.0 Å². The number of rotatable bonds is 7. The zero-order valence-corrected chi connectivity index (χ0v) is 12.3. The molecule has 0 aromatic heterocycles. The molecule has 0 spiro atoms. The van der Waals surface area contributed by atoms with Crippen molar-refractivity contribution in [1.82, 2.24) is 0 Å². The number of hydrogen-bond acceptors (Lipinski definition) is 3. The predicted molar refractivity (Wildman–Crippen MR) is 73.5 cm³/mol. The molecule has 0 N–H and O–H groups in total. The normalized spacial score (nSPS) is 11.4. The number of halogens is 1. The average molecular weight is 321 g/mol. The largest absolute Gasteiger partial charge is 0.494 e. The minimum atomic E-state index is -2.87. The zero-order valence-electron chi connectivity index (χ0n) is 9.86. The van der Waals surface area contributed by atoms with E-state index in [9.17, 15) is 8.42 Å². The van der Waals surface area contributed by atoms with Crippen LogP contribution in [-0.2, 0) is 15.2 Å². The zero-order chi connectivity index (χ0) is 12.7. The van der Waals surface area contributed by atoms with Gasteiger partial charge in [0.1, 0.15) is 15.6 Å². The molecule has 0 bridgehead atoms. The maximum absolute atomic E-state index is 11.2. The quantitative estimate of drug-likeness (QED) is 0.573. The second-order valence-corrected chi connectivity index (χ2v) is 6.75. The van der Waals surface area contributed by atoms with Gasteiger partial charge in [-0.25, -0.2) is 8.42 Å². The summed E-state index contributed by atoms with van der Waals surface area (Å²) in [5.74, 6) is 1.18. The summed E-state index contributed by atoms with van der Waals surface area (Å²) in [7, 11) is -2.87. The van der Waals surface area contributed by atoms with E-state index in [0.717, 1.165) is 16.6 Å². The van der Waals surface area contributed by atoms with Crippen molar-refractivity contribution in [3.63, 3.8) is 0 Å². The first kappa shape index (κ1) is 14.5. The molecule has 5 heteroatoms. The Morgan fingerprint density at radius 3 is 2.76 bits per heavy atom. The lowest BCUT2D eigenvalue weighted by Gasteiger charge is -2.07. The minimum Gasteiger partial charge on any atom is -0.494 e. The van der Waals surface area contributed by atoms with Gasteiger partial charge in [0.2, 0.25) is 0 Å². The van der Waals surface area contributed by atoms with Crippen molar-refractivity contribution in [3.8, 4) is 5.75 Å². The van der Waals surface area contributed by atoms with Crippen molar-refractivity contribution in [2.45, 2.75) is 18.7 Å². The third kappa shape index (κ3) is 5.55. The fourth-order valence-corrected chi connectivity index (χ4v) is 2.53. The third-order valence-corrected chi connectivity index (χ3v) is 4.80.